The van der Waals surface area contributed by atoms with Crippen molar-refractivity contribution in [1.82, 2.24) is 0 Å². The van der Waals surface area contributed by atoms with E-state index in [-0.39, 0.29) is 17.8 Å². The number of fused-ring (bicyclic) bond motifs is 1. The van der Waals surface area contributed by atoms with E-state index in [1.807, 2.05) is 13.0 Å². The Hall–Kier alpha value is -1.51. The van der Waals surface area contributed by atoms with Crippen molar-refractivity contribution in [3.8, 4) is 5.75 Å². The molecule has 0 fully saturated rings. The van der Waals surface area contributed by atoms with Gasteiger partial charge in [0.05, 0.1) is 13.0 Å². The minimum atomic E-state index is -0.126. The molecule has 3 heteroatoms. The zero-order valence-electron chi connectivity index (χ0n) is 10.3. The largest absolute Gasteiger partial charge is 0.508 e. The Kier molecular flexibility index (Phi) is 3.36. The second kappa shape index (κ2) is 4.78. The molecule has 0 bridgehead atoms. The van der Waals surface area contributed by atoms with Crippen molar-refractivity contribution in [2.45, 2.75) is 32.1 Å². The number of carbonyl (C=O) groups excluding carboxylic acids is 1. The molecule has 0 saturated heterocycles. The molecule has 1 aliphatic carbocycles. The number of rotatable bonds is 3. The maximum Gasteiger partial charge on any atom is 0.309 e. The number of phenols is 1. The molecule has 1 aliphatic rings. The smallest absolute Gasteiger partial charge is 0.309 e. The highest BCUT2D eigenvalue weighted by molar-refractivity contribution is 5.74. The summed E-state index contributed by atoms with van der Waals surface area (Å²) in [5.41, 5.74) is 2.36. The standard InChI is InChI=1S/C14H18O3/c1-3-11(14(16)17-2)13-6-4-9-8-10(15)5-7-12(9)13/h5,7-8,11,13,15H,3-4,6H2,1-2H3/t11-,13-/m1/s1. The van der Waals surface area contributed by atoms with Crippen LogP contribution in [0.2, 0.25) is 0 Å². The highest BCUT2D eigenvalue weighted by Crippen LogP contribution is 2.41. The molecule has 0 radical (unpaired) electrons. The Bertz CT molecular complexity index is 425. The predicted octanol–water partition coefficient (Wildman–Crippen LogP) is 2.62. The fraction of sp³-hybridized carbons (Fsp3) is 0.500. The summed E-state index contributed by atoms with van der Waals surface area (Å²) in [6.07, 6.45) is 2.69. The van der Waals surface area contributed by atoms with Gasteiger partial charge in [0.1, 0.15) is 5.75 Å². The summed E-state index contributed by atoms with van der Waals surface area (Å²) in [7, 11) is 1.44. The summed E-state index contributed by atoms with van der Waals surface area (Å²) in [6, 6.07) is 5.44. The molecular formula is C14H18O3. The average molecular weight is 234 g/mol. The summed E-state index contributed by atoms with van der Waals surface area (Å²) in [5, 5.41) is 9.44. The maximum atomic E-state index is 11.7. The van der Waals surface area contributed by atoms with Gasteiger partial charge in [0, 0.05) is 0 Å². The van der Waals surface area contributed by atoms with E-state index in [0.717, 1.165) is 24.8 Å². The first kappa shape index (κ1) is 12.0. The molecule has 0 spiro atoms. The Balaban J connectivity index is 2.29. The molecule has 2 atom stereocenters. The number of carbonyl (C=O) groups is 1. The number of methoxy groups -OCH3 is 1. The van der Waals surface area contributed by atoms with E-state index in [4.69, 9.17) is 4.74 Å². The van der Waals surface area contributed by atoms with E-state index < -0.39 is 0 Å². The minimum absolute atomic E-state index is 0.0641. The zero-order valence-corrected chi connectivity index (χ0v) is 10.3. The quantitative estimate of drug-likeness (QED) is 0.818. The Morgan fingerprint density at radius 1 is 1.59 bits per heavy atom. The summed E-state index contributed by atoms with van der Waals surface area (Å²) < 4.78 is 4.87. The average Bonchev–Trinajstić information content (AvgIpc) is 2.73. The second-order valence-electron chi connectivity index (χ2n) is 4.57. The molecule has 0 aromatic heterocycles. The lowest BCUT2D eigenvalue weighted by molar-refractivity contribution is -0.146. The fourth-order valence-electron chi connectivity index (χ4n) is 2.82. The summed E-state index contributed by atoms with van der Waals surface area (Å²) in [6.45, 7) is 2.01. The van der Waals surface area contributed by atoms with Crippen LogP contribution in [0.5, 0.6) is 5.75 Å². The molecule has 0 unspecified atom stereocenters. The van der Waals surface area contributed by atoms with Gasteiger partial charge in [-0.1, -0.05) is 13.0 Å². The van der Waals surface area contributed by atoms with Gasteiger partial charge in [0.25, 0.3) is 0 Å². The third-order valence-corrected chi connectivity index (χ3v) is 3.68. The Labute approximate surface area is 101 Å². The van der Waals surface area contributed by atoms with Crippen LogP contribution < -0.4 is 0 Å². The lowest BCUT2D eigenvalue weighted by atomic mass is 9.85. The monoisotopic (exact) mass is 234 g/mol. The maximum absolute atomic E-state index is 11.7. The van der Waals surface area contributed by atoms with Crippen LogP contribution in [0.25, 0.3) is 0 Å². The van der Waals surface area contributed by atoms with Gasteiger partial charge in [0.2, 0.25) is 0 Å². The van der Waals surface area contributed by atoms with Crippen LogP contribution in [-0.4, -0.2) is 18.2 Å². The first-order chi connectivity index (χ1) is 8.17. The van der Waals surface area contributed by atoms with Crippen LogP contribution in [0.4, 0.5) is 0 Å². The summed E-state index contributed by atoms with van der Waals surface area (Å²) in [4.78, 5) is 11.7. The molecule has 92 valence electrons. The van der Waals surface area contributed by atoms with Crippen LogP contribution in [0.1, 0.15) is 36.8 Å². The number of benzene rings is 1. The number of phenolic OH excluding ortho intramolecular Hbond substituents is 1. The molecule has 1 aromatic rings. The molecule has 1 N–H and O–H groups in total. The van der Waals surface area contributed by atoms with Crippen LogP contribution in [-0.2, 0) is 16.0 Å². The van der Waals surface area contributed by atoms with Gasteiger partial charge < -0.3 is 9.84 Å². The fourth-order valence-corrected chi connectivity index (χ4v) is 2.82. The molecular weight excluding hydrogens is 216 g/mol. The van der Waals surface area contributed by atoms with Gasteiger partial charge in [-0.3, -0.25) is 4.79 Å². The van der Waals surface area contributed by atoms with Crippen molar-refractivity contribution in [2.75, 3.05) is 7.11 Å². The number of aromatic hydroxyl groups is 1. The first-order valence-electron chi connectivity index (χ1n) is 6.07. The predicted molar refractivity (Wildman–Crippen MR) is 65.0 cm³/mol. The SMILES string of the molecule is CC[C@@H](C(=O)OC)[C@H]1CCc2cc(O)ccc21. The molecule has 3 nitrogen and oxygen atoms in total. The topological polar surface area (TPSA) is 46.5 Å². The summed E-state index contributed by atoms with van der Waals surface area (Å²) >= 11 is 0. The van der Waals surface area contributed by atoms with Gasteiger partial charge in [-0.25, -0.2) is 0 Å². The van der Waals surface area contributed by atoms with E-state index in [1.165, 1.54) is 12.7 Å². The van der Waals surface area contributed by atoms with E-state index in [2.05, 4.69) is 0 Å². The van der Waals surface area contributed by atoms with E-state index in [1.54, 1.807) is 12.1 Å². The van der Waals surface area contributed by atoms with Gasteiger partial charge in [-0.2, -0.15) is 0 Å². The van der Waals surface area contributed by atoms with Crippen molar-refractivity contribution in [3.05, 3.63) is 29.3 Å². The van der Waals surface area contributed by atoms with Crippen molar-refractivity contribution in [3.63, 3.8) is 0 Å². The molecule has 17 heavy (non-hydrogen) atoms. The Morgan fingerprint density at radius 3 is 3.00 bits per heavy atom. The molecule has 0 heterocycles. The number of esters is 1. The zero-order chi connectivity index (χ0) is 12.4. The summed E-state index contributed by atoms with van der Waals surface area (Å²) in [5.74, 6) is 0.350. The van der Waals surface area contributed by atoms with Crippen molar-refractivity contribution in [1.29, 1.82) is 0 Å². The third kappa shape index (κ3) is 2.14. The van der Waals surface area contributed by atoms with Crippen molar-refractivity contribution >= 4 is 5.97 Å². The normalized spacial score (nSPS) is 19.8. The van der Waals surface area contributed by atoms with E-state index in [0.29, 0.717) is 5.75 Å². The second-order valence-corrected chi connectivity index (χ2v) is 4.57. The number of hydrogen-bond donors (Lipinski definition) is 1. The third-order valence-electron chi connectivity index (χ3n) is 3.68. The van der Waals surface area contributed by atoms with Crippen molar-refractivity contribution in [2.24, 2.45) is 5.92 Å². The first-order valence-corrected chi connectivity index (χ1v) is 6.07. The van der Waals surface area contributed by atoms with Gasteiger partial charge in [-0.05, 0) is 48.4 Å². The van der Waals surface area contributed by atoms with Gasteiger partial charge in [-0.15, -0.1) is 0 Å². The van der Waals surface area contributed by atoms with Gasteiger partial charge >= 0.3 is 5.97 Å². The highest BCUT2D eigenvalue weighted by Gasteiger charge is 2.33. The molecule has 0 aliphatic heterocycles. The number of aryl methyl sites for hydroxylation is 1. The lowest BCUT2D eigenvalue weighted by Gasteiger charge is -2.20. The van der Waals surface area contributed by atoms with Gasteiger partial charge in [0.15, 0.2) is 0 Å². The Morgan fingerprint density at radius 2 is 2.35 bits per heavy atom. The molecule has 0 amide bonds. The lowest BCUT2D eigenvalue weighted by Crippen LogP contribution is -2.21. The molecule has 2 rings (SSSR count). The van der Waals surface area contributed by atoms with Crippen LogP contribution in [0.15, 0.2) is 18.2 Å². The number of hydrogen-bond acceptors (Lipinski definition) is 3. The minimum Gasteiger partial charge on any atom is -0.508 e. The molecule has 0 saturated carbocycles. The number of ether oxygens (including phenoxy) is 1. The molecule has 1 aromatic carbocycles. The van der Waals surface area contributed by atoms with Crippen LogP contribution in [0, 0.1) is 5.92 Å². The highest BCUT2D eigenvalue weighted by atomic mass is 16.5. The van der Waals surface area contributed by atoms with Crippen LogP contribution >= 0.6 is 0 Å². The van der Waals surface area contributed by atoms with Crippen LogP contribution in [0.3, 0.4) is 0 Å². The van der Waals surface area contributed by atoms with Crippen molar-refractivity contribution < 1.29 is 14.6 Å². The van der Waals surface area contributed by atoms with E-state index in [9.17, 15) is 9.90 Å². The van der Waals surface area contributed by atoms with E-state index >= 15 is 0 Å².